The predicted molar refractivity (Wildman–Crippen MR) is 69.7 cm³/mol. The van der Waals surface area contributed by atoms with Crippen LogP contribution in [0.25, 0.3) is 0 Å². The fourth-order valence-electron chi connectivity index (χ4n) is 1.24. The number of hydrogen-bond acceptors (Lipinski definition) is 1. The smallest absolute Gasteiger partial charge is 0.257 e. The molecule has 0 heterocycles. The predicted octanol–water partition coefficient (Wildman–Crippen LogP) is 3.66. The Bertz CT molecular complexity index is 519. The van der Waals surface area contributed by atoms with Gasteiger partial charge in [-0.05, 0) is 6.92 Å². The molecule has 0 spiro atoms. The molecule has 1 amide bonds. The summed E-state index contributed by atoms with van der Waals surface area (Å²) in [5.41, 5.74) is -2.47. The molecule has 0 aliphatic rings. The summed E-state index contributed by atoms with van der Waals surface area (Å²) >= 11 is 6.14. The highest BCUT2D eigenvalue weighted by Gasteiger charge is 2.32. The van der Waals surface area contributed by atoms with Crippen molar-refractivity contribution < 1.29 is 26.7 Å². The minimum absolute atomic E-state index is 0.201. The van der Waals surface area contributed by atoms with Gasteiger partial charge in [0.1, 0.15) is 5.56 Å². The van der Waals surface area contributed by atoms with Crippen LogP contribution in [0.2, 0.25) is 0 Å². The molecule has 0 aromatic heterocycles. The highest BCUT2D eigenvalue weighted by Crippen LogP contribution is 2.24. The highest BCUT2D eigenvalue weighted by molar-refractivity contribution is 9.09. The van der Waals surface area contributed by atoms with Crippen LogP contribution in [0.4, 0.5) is 22.0 Å². The van der Waals surface area contributed by atoms with E-state index in [9.17, 15) is 26.7 Å². The van der Waals surface area contributed by atoms with Gasteiger partial charge in [-0.15, -0.1) is 0 Å². The van der Waals surface area contributed by atoms with Crippen LogP contribution in [0.3, 0.4) is 0 Å². The summed E-state index contributed by atoms with van der Waals surface area (Å²) in [4.78, 5) is 11.7. The number of hydrogen-bond donors (Lipinski definition) is 1. The molecule has 0 fully saturated rings. The molecule has 0 bridgehead atoms. The minimum atomic E-state index is -2.31. The van der Waals surface area contributed by atoms with E-state index in [-0.39, 0.29) is 10.7 Å². The zero-order chi connectivity index (χ0) is 15.7. The molecule has 112 valence electrons. The molecule has 0 saturated carbocycles. The number of carbonyl (C=O) groups is 1. The third-order valence-electron chi connectivity index (χ3n) is 2.44. The number of amides is 1. The molecule has 1 N–H and O–H groups in total. The standard InChI is InChI=1S/C11H8Br2F5NO/c1-11(2-12,3-13)19-10(20)4-5(14)7(16)9(18)8(17)6(4)15/h2-3H2,1H3,(H,19,20). The summed E-state index contributed by atoms with van der Waals surface area (Å²) in [5, 5.41) is 2.60. The Morgan fingerprint density at radius 2 is 1.30 bits per heavy atom. The van der Waals surface area contributed by atoms with Crippen molar-refractivity contribution in [2.75, 3.05) is 10.7 Å². The average Bonchev–Trinajstić information content (AvgIpc) is 2.43. The number of carbonyl (C=O) groups excluding carboxylic acids is 1. The van der Waals surface area contributed by atoms with E-state index in [0.717, 1.165) is 0 Å². The molecular formula is C11H8Br2F5NO. The Morgan fingerprint density at radius 3 is 1.65 bits per heavy atom. The summed E-state index contributed by atoms with van der Waals surface area (Å²) in [6, 6.07) is 0. The minimum Gasteiger partial charge on any atom is -0.345 e. The lowest BCUT2D eigenvalue weighted by Gasteiger charge is -2.26. The van der Waals surface area contributed by atoms with Crippen LogP contribution < -0.4 is 5.32 Å². The first-order valence-corrected chi connectivity index (χ1v) is 7.38. The van der Waals surface area contributed by atoms with Gasteiger partial charge in [-0.3, -0.25) is 4.79 Å². The zero-order valence-electron chi connectivity index (χ0n) is 9.97. The van der Waals surface area contributed by atoms with Crippen LogP contribution >= 0.6 is 31.9 Å². The third kappa shape index (κ3) is 3.13. The normalized spacial score (nSPS) is 11.6. The van der Waals surface area contributed by atoms with Crippen LogP contribution in [0.1, 0.15) is 17.3 Å². The third-order valence-corrected chi connectivity index (χ3v) is 4.92. The van der Waals surface area contributed by atoms with Gasteiger partial charge in [-0.2, -0.15) is 0 Å². The summed E-state index contributed by atoms with van der Waals surface area (Å²) < 4.78 is 65.7. The fourth-order valence-corrected chi connectivity index (χ4v) is 2.45. The molecule has 0 radical (unpaired) electrons. The summed E-state index contributed by atoms with van der Waals surface area (Å²) in [6.07, 6.45) is 0. The first kappa shape index (κ1) is 17.4. The molecule has 0 atom stereocenters. The number of halogens is 7. The molecule has 1 aromatic carbocycles. The lowest BCUT2D eigenvalue weighted by atomic mass is 10.1. The average molecular weight is 425 g/mol. The Labute approximate surface area is 128 Å². The molecule has 2 nitrogen and oxygen atoms in total. The van der Waals surface area contributed by atoms with E-state index < -0.39 is 46.1 Å². The summed E-state index contributed by atoms with van der Waals surface area (Å²) in [6.45, 7) is 1.51. The second kappa shape index (κ2) is 6.38. The number of nitrogens with one attached hydrogen (secondary N) is 1. The fraction of sp³-hybridized carbons (Fsp3) is 0.364. The van der Waals surface area contributed by atoms with E-state index >= 15 is 0 Å². The van der Waals surface area contributed by atoms with E-state index in [1.54, 1.807) is 0 Å². The zero-order valence-corrected chi connectivity index (χ0v) is 13.1. The van der Waals surface area contributed by atoms with E-state index in [0.29, 0.717) is 0 Å². The molecule has 0 aliphatic carbocycles. The number of alkyl halides is 2. The van der Waals surface area contributed by atoms with E-state index in [2.05, 4.69) is 37.2 Å². The Balaban J connectivity index is 3.31. The molecule has 0 aliphatic heterocycles. The topological polar surface area (TPSA) is 29.1 Å². The van der Waals surface area contributed by atoms with Crippen molar-refractivity contribution in [3.05, 3.63) is 34.6 Å². The van der Waals surface area contributed by atoms with Gasteiger partial charge in [-0.1, -0.05) is 31.9 Å². The molecule has 0 unspecified atom stereocenters. The van der Waals surface area contributed by atoms with Crippen molar-refractivity contribution in [3.8, 4) is 0 Å². The van der Waals surface area contributed by atoms with E-state index in [4.69, 9.17) is 0 Å². The van der Waals surface area contributed by atoms with Crippen LogP contribution in [0.15, 0.2) is 0 Å². The molecule has 1 aromatic rings. The van der Waals surface area contributed by atoms with Gasteiger partial charge in [0, 0.05) is 10.7 Å². The van der Waals surface area contributed by atoms with Crippen molar-refractivity contribution >= 4 is 37.8 Å². The lowest BCUT2D eigenvalue weighted by Crippen LogP contribution is -2.49. The van der Waals surface area contributed by atoms with Crippen molar-refractivity contribution in [2.24, 2.45) is 0 Å². The van der Waals surface area contributed by atoms with Crippen molar-refractivity contribution in [2.45, 2.75) is 12.5 Å². The Morgan fingerprint density at radius 1 is 0.950 bits per heavy atom. The second-order valence-corrected chi connectivity index (χ2v) is 5.35. The van der Waals surface area contributed by atoms with Crippen LogP contribution in [-0.2, 0) is 0 Å². The molecule has 20 heavy (non-hydrogen) atoms. The van der Waals surface area contributed by atoms with Gasteiger partial charge in [0.15, 0.2) is 23.3 Å². The lowest BCUT2D eigenvalue weighted by molar-refractivity contribution is 0.0911. The van der Waals surface area contributed by atoms with Gasteiger partial charge in [-0.25, -0.2) is 22.0 Å². The summed E-state index contributed by atoms with van der Waals surface area (Å²) in [7, 11) is 0. The highest BCUT2D eigenvalue weighted by atomic mass is 79.9. The van der Waals surface area contributed by atoms with E-state index in [1.165, 1.54) is 6.92 Å². The maximum Gasteiger partial charge on any atom is 0.257 e. The van der Waals surface area contributed by atoms with Gasteiger partial charge in [0.25, 0.3) is 5.91 Å². The van der Waals surface area contributed by atoms with Crippen molar-refractivity contribution in [3.63, 3.8) is 0 Å². The largest absolute Gasteiger partial charge is 0.345 e. The molecule has 1 rings (SSSR count). The van der Waals surface area contributed by atoms with Crippen LogP contribution in [0, 0.1) is 29.1 Å². The molecular weight excluding hydrogens is 417 g/mol. The van der Waals surface area contributed by atoms with Crippen LogP contribution in [0.5, 0.6) is 0 Å². The monoisotopic (exact) mass is 423 g/mol. The summed E-state index contributed by atoms with van der Waals surface area (Å²) in [5.74, 6) is -12.3. The molecule has 0 saturated heterocycles. The first-order valence-electron chi connectivity index (χ1n) is 5.14. The number of benzene rings is 1. The first-order chi connectivity index (χ1) is 9.18. The quantitative estimate of drug-likeness (QED) is 0.340. The number of rotatable bonds is 4. The van der Waals surface area contributed by atoms with Gasteiger partial charge >= 0.3 is 0 Å². The van der Waals surface area contributed by atoms with Crippen molar-refractivity contribution in [1.29, 1.82) is 0 Å². The maximum atomic E-state index is 13.4. The molecule has 9 heteroatoms. The van der Waals surface area contributed by atoms with Gasteiger partial charge in [0.05, 0.1) is 5.54 Å². The van der Waals surface area contributed by atoms with Gasteiger partial charge in [0.2, 0.25) is 5.82 Å². The maximum absolute atomic E-state index is 13.4. The second-order valence-electron chi connectivity index (χ2n) is 4.23. The Hall–Kier alpha value is -0.700. The van der Waals surface area contributed by atoms with Crippen molar-refractivity contribution in [1.82, 2.24) is 5.32 Å². The SMILES string of the molecule is CC(CBr)(CBr)NC(=O)c1c(F)c(F)c(F)c(F)c1F. The van der Waals surface area contributed by atoms with Crippen LogP contribution in [-0.4, -0.2) is 22.1 Å². The van der Waals surface area contributed by atoms with Gasteiger partial charge < -0.3 is 5.32 Å². The Kier molecular flexibility index (Phi) is 5.54. The van der Waals surface area contributed by atoms with E-state index in [1.807, 2.05) is 0 Å².